The van der Waals surface area contributed by atoms with Gasteiger partial charge in [-0.25, -0.2) is 0 Å². The minimum Gasteiger partial charge on any atom is -0.310 e. The third-order valence-electron chi connectivity index (χ3n) is 19.6. The summed E-state index contributed by atoms with van der Waals surface area (Å²) in [6.45, 7) is 2.19. The Labute approximate surface area is 475 Å². The molecule has 0 amide bonds. The Kier molecular flexibility index (Phi) is 8.65. The molecule has 82 heavy (non-hydrogen) atoms. The minimum atomic E-state index is -0.536. The summed E-state index contributed by atoms with van der Waals surface area (Å²) in [5.74, 6) is 0. The zero-order valence-electron chi connectivity index (χ0n) is 45.0. The maximum absolute atomic E-state index is 2.51. The molecule has 4 aliphatic carbocycles. The van der Waals surface area contributed by atoms with Gasteiger partial charge >= 0.3 is 0 Å². The summed E-state index contributed by atoms with van der Waals surface area (Å²) in [7, 11) is 0. The Morgan fingerprint density at radius 1 is 0.232 bits per heavy atom. The lowest BCUT2D eigenvalue weighted by Gasteiger charge is -2.33. The van der Waals surface area contributed by atoms with E-state index in [1.807, 2.05) is 0 Å². The summed E-state index contributed by atoms with van der Waals surface area (Å²) < 4.78 is 0. The first-order valence-corrected chi connectivity index (χ1v) is 28.9. The first kappa shape index (κ1) is 44.5. The molecule has 0 aromatic heterocycles. The number of hydrogen-bond donors (Lipinski definition) is 0. The molecule has 0 radical (unpaired) electrons. The van der Waals surface area contributed by atoms with Gasteiger partial charge in [-0.05, 0) is 197 Å². The van der Waals surface area contributed by atoms with E-state index in [4.69, 9.17) is 0 Å². The van der Waals surface area contributed by atoms with Crippen molar-refractivity contribution in [2.24, 2.45) is 0 Å². The lowest BCUT2D eigenvalue weighted by molar-refractivity contribution is 0.802. The molecule has 0 aliphatic heterocycles. The van der Waals surface area contributed by atoms with Crippen LogP contribution in [0.25, 0.3) is 109 Å². The normalized spacial score (nSPS) is 14.1. The fraction of sp³-hybridized carbons (Fsp3) is 0.0370. The first-order chi connectivity index (χ1) is 40.6. The molecule has 0 bridgehead atoms. The van der Waals surface area contributed by atoms with Gasteiger partial charge in [0.25, 0.3) is 0 Å². The van der Waals surface area contributed by atoms with E-state index in [0.717, 1.165) is 17.1 Å². The van der Waals surface area contributed by atoms with Crippen LogP contribution < -0.4 is 4.90 Å². The van der Waals surface area contributed by atoms with Gasteiger partial charge in [0.1, 0.15) is 0 Å². The molecule has 0 fully saturated rings. The van der Waals surface area contributed by atoms with Crippen molar-refractivity contribution in [1.29, 1.82) is 0 Å². The number of rotatable bonds is 3. The molecule has 19 rings (SSSR count). The van der Waals surface area contributed by atoms with Crippen molar-refractivity contribution in [3.63, 3.8) is 0 Å². The Morgan fingerprint density at radius 2 is 0.573 bits per heavy atom. The third kappa shape index (κ3) is 5.35. The predicted octanol–water partition coefficient (Wildman–Crippen LogP) is 21.1. The third-order valence-corrected chi connectivity index (χ3v) is 19.6. The molecule has 0 unspecified atom stereocenters. The monoisotopic (exact) mass is 1040 g/mol. The Morgan fingerprint density at radius 3 is 0.988 bits per heavy atom. The maximum atomic E-state index is 2.51. The van der Waals surface area contributed by atoms with Crippen molar-refractivity contribution < 1.29 is 0 Å². The molecule has 15 aromatic rings. The van der Waals surface area contributed by atoms with Crippen LogP contribution in [0.4, 0.5) is 17.1 Å². The SMILES string of the molecule is Cc1ccc(N(c2ccc3c4c(c5ccccc5c3c2)-c2c(ccc3ccccc23)C42c3ccccc3-c3ccccc32)c2ccc3c4c(c5ccccc5c3c2)-c2c(ccc3ccccc23)C42c3ccccc3-c3ccccc32)cc1. The molecule has 378 valence electrons. The fourth-order valence-electron chi connectivity index (χ4n) is 16.6. The first-order valence-electron chi connectivity index (χ1n) is 28.9. The van der Waals surface area contributed by atoms with E-state index < -0.39 is 10.8 Å². The Hall–Kier alpha value is -10.3. The van der Waals surface area contributed by atoms with Crippen LogP contribution in [0.5, 0.6) is 0 Å². The highest BCUT2D eigenvalue weighted by Gasteiger charge is 2.55. The highest BCUT2D eigenvalue weighted by molar-refractivity contribution is 6.25. The van der Waals surface area contributed by atoms with E-state index in [0.29, 0.717) is 0 Å². The van der Waals surface area contributed by atoms with Gasteiger partial charge in [0.2, 0.25) is 0 Å². The van der Waals surface area contributed by atoms with Crippen molar-refractivity contribution >= 4 is 81.7 Å². The lowest BCUT2D eigenvalue weighted by Crippen LogP contribution is -2.26. The standard InChI is InChI=1S/C81H49N/c1-48-34-38-51(39-35-48)82(52-40-42-64-66(46-52)56-22-6-8-28-62(56)76-74-54-20-4-2-18-49(54)36-44-72(74)80(78(64)76)68-30-14-10-24-58(68)59-25-11-15-31-69(59)80)53-41-43-65-67(47-53)57-23-7-9-29-63(57)77-75-55-21-5-3-19-50(55)37-45-73(75)81(79(65)77)70-32-16-12-26-60(70)61-27-13-17-33-71(61)81/h2-47H,1H3. The van der Waals surface area contributed by atoms with E-state index in [9.17, 15) is 0 Å². The van der Waals surface area contributed by atoms with Crippen LogP contribution in [0.3, 0.4) is 0 Å². The summed E-state index contributed by atoms with van der Waals surface area (Å²) in [4.78, 5) is 2.51. The van der Waals surface area contributed by atoms with Gasteiger partial charge in [0.05, 0.1) is 10.8 Å². The number of anilines is 3. The van der Waals surface area contributed by atoms with Crippen LogP contribution in [-0.2, 0) is 10.8 Å². The van der Waals surface area contributed by atoms with Crippen molar-refractivity contribution in [2.75, 3.05) is 4.90 Å². The largest absolute Gasteiger partial charge is 0.310 e. The molecule has 4 aliphatic rings. The number of benzene rings is 15. The molecular weight excluding hydrogens is 987 g/mol. The second-order valence-corrected chi connectivity index (χ2v) is 23.3. The highest BCUT2D eigenvalue weighted by atomic mass is 15.1. The molecule has 1 nitrogen and oxygen atoms in total. The topological polar surface area (TPSA) is 3.24 Å². The highest BCUT2D eigenvalue weighted by Crippen LogP contribution is 2.69. The number of fused-ring (bicyclic) bond motifs is 34. The average molecular weight is 1040 g/mol. The van der Waals surface area contributed by atoms with Gasteiger partial charge in [0, 0.05) is 17.1 Å². The molecule has 0 saturated heterocycles. The van der Waals surface area contributed by atoms with Crippen LogP contribution in [-0.4, -0.2) is 0 Å². The quantitative estimate of drug-likeness (QED) is 0.159. The molecule has 2 spiro atoms. The molecule has 1 heteroatoms. The molecular formula is C81H49N. The van der Waals surface area contributed by atoms with Crippen LogP contribution in [0.1, 0.15) is 50.1 Å². The minimum absolute atomic E-state index is 0.536. The Balaban J connectivity index is 0.908. The average Bonchev–Trinajstić information content (AvgIpc) is 2.30. The van der Waals surface area contributed by atoms with Crippen LogP contribution in [0.2, 0.25) is 0 Å². The summed E-state index contributed by atoms with van der Waals surface area (Å²) >= 11 is 0. The Bertz CT molecular complexity index is 4960. The number of hydrogen-bond acceptors (Lipinski definition) is 1. The smallest absolute Gasteiger partial charge is 0.0732 e. The molecule has 0 saturated carbocycles. The van der Waals surface area contributed by atoms with Crippen molar-refractivity contribution in [3.8, 4) is 44.5 Å². The molecule has 15 aromatic carbocycles. The second kappa shape index (κ2) is 15.9. The van der Waals surface area contributed by atoms with Gasteiger partial charge < -0.3 is 4.90 Å². The van der Waals surface area contributed by atoms with Crippen molar-refractivity contribution in [1.82, 2.24) is 0 Å². The zero-order chi connectivity index (χ0) is 53.6. The molecule has 0 N–H and O–H groups in total. The molecule has 0 heterocycles. The molecule has 0 atom stereocenters. The van der Waals surface area contributed by atoms with E-state index in [2.05, 4.69) is 291 Å². The van der Waals surface area contributed by atoms with E-state index in [-0.39, 0.29) is 0 Å². The van der Waals surface area contributed by atoms with Gasteiger partial charge in [0.15, 0.2) is 0 Å². The summed E-state index contributed by atoms with van der Waals surface area (Å²) in [5, 5.41) is 15.2. The lowest BCUT2D eigenvalue weighted by atomic mass is 9.69. The van der Waals surface area contributed by atoms with Crippen LogP contribution >= 0.6 is 0 Å². The number of nitrogens with zero attached hydrogens (tertiary/aromatic N) is 1. The van der Waals surface area contributed by atoms with E-state index >= 15 is 0 Å². The zero-order valence-corrected chi connectivity index (χ0v) is 45.0. The van der Waals surface area contributed by atoms with Crippen molar-refractivity contribution in [2.45, 2.75) is 17.8 Å². The predicted molar refractivity (Wildman–Crippen MR) is 343 cm³/mol. The summed E-state index contributed by atoms with van der Waals surface area (Å²) in [6, 6.07) is 107. The van der Waals surface area contributed by atoms with Gasteiger partial charge in [-0.15, -0.1) is 0 Å². The fourth-order valence-corrected chi connectivity index (χ4v) is 16.6. The van der Waals surface area contributed by atoms with E-state index in [1.54, 1.807) is 0 Å². The van der Waals surface area contributed by atoms with E-state index in [1.165, 1.54) is 159 Å². The van der Waals surface area contributed by atoms with Gasteiger partial charge in [-0.3, -0.25) is 0 Å². The van der Waals surface area contributed by atoms with Gasteiger partial charge in [-0.1, -0.05) is 248 Å². The maximum Gasteiger partial charge on any atom is 0.0732 e. The van der Waals surface area contributed by atoms with Crippen molar-refractivity contribution in [3.05, 3.63) is 329 Å². The van der Waals surface area contributed by atoms with Crippen LogP contribution in [0, 0.1) is 6.92 Å². The summed E-state index contributed by atoms with van der Waals surface area (Å²) in [6.07, 6.45) is 0. The van der Waals surface area contributed by atoms with Gasteiger partial charge in [-0.2, -0.15) is 0 Å². The van der Waals surface area contributed by atoms with Crippen LogP contribution in [0.15, 0.2) is 279 Å². The summed E-state index contributed by atoms with van der Waals surface area (Å²) in [5.41, 5.74) is 25.0. The number of aryl methyl sites for hydroxylation is 1. The second-order valence-electron chi connectivity index (χ2n) is 23.3.